The molecule has 1 saturated heterocycles. The summed E-state index contributed by atoms with van der Waals surface area (Å²) in [5.74, 6) is 2.36. The van der Waals surface area contributed by atoms with E-state index in [1.54, 1.807) is 7.05 Å². The standard InChI is InChI=1S/C22H28N4O3/c1-23-22(25-14-19-6-7-20-21(12-19)29-16-28-20)24-13-17-2-4-18(5-3-17)15-26-8-10-27-11-9-26/h2-7,12H,8-11,13-16H2,1H3,(H2,23,24,25). The van der Waals surface area contributed by atoms with Crippen molar-refractivity contribution in [2.75, 3.05) is 40.1 Å². The summed E-state index contributed by atoms with van der Waals surface area (Å²) in [6.07, 6.45) is 0. The Balaban J connectivity index is 1.24. The Hall–Kier alpha value is -2.77. The third-order valence-corrected chi connectivity index (χ3v) is 5.11. The highest BCUT2D eigenvalue weighted by atomic mass is 16.7. The van der Waals surface area contributed by atoms with Gasteiger partial charge in [0.2, 0.25) is 6.79 Å². The Morgan fingerprint density at radius 1 is 0.897 bits per heavy atom. The maximum Gasteiger partial charge on any atom is 0.231 e. The first-order chi connectivity index (χ1) is 14.3. The van der Waals surface area contributed by atoms with Crippen LogP contribution in [0.5, 0.6) is 11.5 Å². The fourth-order valence-corrected chi connectivity index (χ4v) is 3.42. The molecule has 2 aromatic carbocycles. The molecule has 7 nitrogen and oxygen atoms in total. The Labute approximate surface area is 171 Å². The van der Waals surface area contributed by atoms with Gasteiger partial charge in [-0.25, -0.2) is 0 Å². The van der Waals surface area contributed by atoms with Crippen LogP contribution in [0.15, 0.2) is 47.5 Å². The highest BCUT2D eigenvalue weighted by molar-refractivity contribution is 5.79. The molecule has 0 atom stereocenters. The van der Waals surface area contributed by atoms with Gasteiger partial charge in [-0.15, -0.1) is 0 Å². The van der Waals surface area contributed by atoms with E-state index in [1.807, 2.05) is 18.2 Å². The zero-order valence-corrected chi connectivity index (χ0v) is 16.8. The molecule has 4 rings (SSSR count). The molecule has 0 bridgehead atoms. The van der Waals surface area contributed by atoms with Gasteiger partial charge in [0.05, 0.1) is 13.2 Å². The maximum absolute atomic E-state index is 5.43. The van der Waals surface area contributed by atoms with Crippen molar-refractivity contribution in [1.29, 1.82) is 0 Å². The van der Waals surface area contributed by atoms with Crippen molar-refractivity contribution in [2.45, 2.75) is 19.6 Å². The minimum atomic E-state index is 0.292. The van der Waals surface area contributed by atoms with Gasteiger partial charge in [0.15, 0.2) is 17.5 Å². The summed E-state index contributed by atoms with van der Waals surface area (Å²) < 4.78 is 16.2. The fourth-order valence-electron chi connectivity index (χ4n) is 3.42. The third-order valence-electron chi connectivity index (χ3n) is 5.11. The van der Waals surface area contributed by atoms with Crippen LogP contribution in [0.2, 0.25) is 0 Å². The van der Waals surface area contributed by atoms with Crippen LogP contribution in [0.25, 0.3) is 0 Å². The minimum Gasteiger partial charge on any atom is -0.454 e. The number of guanidine groups is 1. The van der Waals surface area contributed by atoms with Crippen LogP contribution in [0.3, 0.4) is 0 Å². The monoisotopic (exact) mass is 396 g/mol. The number of hydrogen-bond acceptors (Lipinski definition) is 5. The first-order valence-electron chi connectivity index (χ1n) is 10.0. The summed E-state index contributed by atoms with van der Waals surface area (Å²) in [6, 6.07) is 14.7. The van der Waals surface area contributed by atoms with E-state index < -0.39 is 0 Å². The average molecular weight is 396 g/mol. The summed E-state index contributed by atoms with van der Waals surface area (Å²) in [7, 11) is 1.78. The van der Waals surface area contributed by atoms with Crippen molar-refractivity contribution in [2.24, 2.45) is 4.99 Å². The molecule has 0 amide bonds. The summed E-state index contributed by atoms with van der Waals surface area (Å²) in [4.78, 5) is 6.73. The van der Waals surface area contributed by atoms with E-state index in [0.717, 1.165) is 62.4 Å². The van der Waals surface area contributed by atoms with Gasteiger partial charge in [-0.2, -0.15) is 0 Å². The van der Waals surface area contributed by atoms with E-state index >= 15 is 0 Å². The Morgan fingerprint density at radius 2 is 1.55 bits per heavy atom. The van der Waals surface area contributed by atoms with Crippen LogP contribution >= 0.6 is 0 Å². The lowest BCUT2D eigenvalue weighted by Gasteiger charge is -2.26. The average Bonchev–Trinajstić information content (AvgIpc) is 3.24. The first kappa shape index (κ1) is 19.5. The van der Waals surface area contributed by atoms with Gasteiger partial charge in [0.25, 0.3) is 0 Å². The van der Waals surface area contributed by atoms with E-state index in [4.69, 9.17) is 14.2 Å². The largest absolute Gasteiger partial charge is 0.454 e. The van der Waals surface area contributed by atoms with E-state index in [1.165, 1.54) is 11.1 Å². The molecule has 1 fully saturated rings. The van der Waals surface area contributed by atoms with Crippen molar-refractivity contribution in [3.63, 3.8) is 0 Å². The first-order valence-corrected chi connectivity index (χ1v) is 10.0. The molecule has 7 heteroatoms. The molecule has 0 saturated carbocycles. The van der Waals surface area contributed by atoms with Crippen LogP contribution in [-0.4, -0.2) is 51.0 Å². The van der Waals surface area contributed by atoms with Crippen LogP contribution in [0.4, 0.5) is 0 Å². The van der Waals surface area contributed by atoms with Gasteiger partial charge in [-0.05, 0) is 28.8 Å². The molecule has 2 aliphatic heterocycles. The fraction of sp³-hybridized carbons (Fsp3) is 0.409. The number of aliphatic imine (C=N–C) groups is 1. The molecule has 2 aliphatic rings. The summed E-state index contributed by atoms with van der Waals surface area (Å²) in [6.45, 7) is 6.34. The number of hydrogen-bond donors (Lipinski definition) is 2. The molecule has 29 heavy (non-hydrogen) atoms. The van der Waals surface area contributed by atoms with E-state index in [9.17, 15) is 0 Å². The molecule has 2 N–H and O–H groups in total. The Bertz CT molecular complexity index is 832. The zero-order valence-electron chi connectivity index (χ0n) is 16.8. The number of fused-ring (bicyclic) bond motifs is 1. The number of morpholine rings is 1. The molecule has 154 valence electrons. The van der Waals surface area contributed by atoms with Crippen molar-refractivity contribution in [1.82, 2.24) is 15.5 Å². The maximum atomic E-state index is 5.43. The molecule has 0 unspecified atom stereocenters. The van der Waals surface area contributed by atoms with E-state index in [2.05, 4.69) is 44.8 Å². The lowest BCUT2D eigenvalue weighted by molar-refractivity contribution is 0.0342. The number of benzene rings is 2. The molecule has 0 spiro atoms. The van der Waals surface area contributed by atoms with Crippen LogP contribution < -0.4 is 20.1 Å². The highest BCUT2D eigenvalue weighted by Crippen LogP contribution is 2.32. The quantitative estimate of drug-likeness (QED) is 0.576. The van der Waals surface area contributed by atoms with Crippen molar-refractivity contribution in [3.8, 4) is 11.5 Å². The zero-order chi connectivity index (χ0) is 19.9. The molecule has 2 heterocycles. The van der Waals surface area contributed by atoms with E-state index in [0.29, 0.717) is 13.3 Å². The molecule has 0 aromatic heterocycles. The third kappa shape index (κ3) is 5.40. The van der Waals surface area contributed by atoms with Gasteiger partial charge in [-0.3, -0.25) is 9.89 Å². The van der Waals surface area contributed by atoms with Crippen molar-refractivity contribution in [3.05, 3.63) is 59.2 Å². The SMILES string of the molecule is CN=C(NCc1ccc(CN2CCOCC2)cc1)NCc1ccc2c(c1)OCO2. The number of ether oxygens (including phenoxy) is 3. The van der Waals surface area contributed by atoms with Gasteiger partial charge >= 0.3 is 0 Å². The Morgan fingerprint density at radius 3 is 2.31 bits per heavy atom. The number of nitrogens with one attached hydrogen (secondary N) is 2. The van der Waals surface area contributed by atoms with Crippen molar-refractivity contribution < 1.29 is 14.2 Å². The lowest BCUT2D eigenvalue weighted by atomic mass is 10.1. The van der Waals surface area contributed by atoms with Gasteiger partial charge < -0.3 is 24.8 Å². The van der Waals surface area contributed by atoms with Crippen LogP contribution in [0.1, 0.15) is 16.7 Å². The second-order valence-electron chi connectivity index (χ2n) is 7.17. The normalized spacial score (nSPS) is 16.7. The van der Waals surface area contributed by atoms with Crippen LogP contribution in [-0.2, 0) is 24.4 Å². The molecule has 0 aliphatic carbocycles. The topological polar surface area (TPSA) is 67.4 Å². The Kier molecular flexibility index (Phi) is 6.49. The highest BCUT2D eigenvalue weighted by Gasteiger charge is 2.13. The molecular formula is C22H28N4O3. The predicted molar refractivity (Wildman–Crippen MR) is 112 cm³/mol. The van der Waals surface area contributed by atoms with Gasteiger partial charge in [0, 0.05) is 39.8 Å². The second-order valence-corrected chi connectivity index (χ2v) is 7.17. The van der Waals surface area contributed by atoms with Gasteiger partial charge in [0.1, 0.15) is 0 Å². The summed E-state index contributed by atoms with van der Waals surface area (Å²) in [5.41, 5.74) is 3.67. The predicted octanol–water partition coefficient (Wildman–Crippen LogP) is 2.11. The number of nitrogens with zero attached hydrogens (tertiary/aromatic N) is 2. The lowest BCUT2D eigenvalue weighted by Crippen LogP contribution is -2.36. The number of rotatable bonds is 6. The van der Waals surface area contributed by atoms with E-state index in [-0.39, 0.29) is 0 Å². The molecular weight excluding hydrogens is 368 g/mol. The second kappa shape index (κ2) is 9.62. The van der Waals surface area contributed by atoms with Crippen LogP contribution in [0, 0.1) is 0 Å². The summed E-state index contributed by atoms with van der Waals surface area (Å²) >= 11 is 0. The molecule has 0 radical (unpaired) electrons. The molecule has 2 aromatic rings. The smallest absolute Gasteiger partial charge is 0.231 e. The summed E-state index contributed by atoms with van der Waals surface area (Å²) in [5, 5.41) is 6.70. The van der Waals surface area contributed by atoms with Crippen molar-refractivity contribution >= 4 is 5.96 Å². The minimum absolute atomic E-state index is 0.292. The van der Waals surface area contributed by atoms with Gasteiger partial charge in [-0.1, -0.05) is 30.3 Å².